The average Bonchev–Trinajstić information content (AvgIpc) is 3.90. The molecule has 2 amide bonds. The Labute approximate surface area is 276 Å². The number of carboxylic acids is 1. The molecule has 2 saturated carbocycles. The number of nitrogens with zero attached hydrogens (tertiary/aromatic N) is 2. The number of nitrogens with one attached hydrogen (secondary N) is 1. The molecule has 2 heterocycles. The van der Waals surface area contributed by atoms with Gasteiger partial charge in [-0.1, -0.05) is 26.8 Å². The van der Waals surface area contributed by atoms with E-state index in [4.69, 9.17) is 19.2 Å². The fourth-order valence-corrected chi connectivity index (χ4v) is 6.40. The molecule has 1 aromatic carbocycles. The summed E-state index contributed by atoms with van der Waals surface area (Å²) < 4.78 is 17.6. The zero-order chi connectivity index (χ0) is 34.5. The van der Waals surface area contributed by atoms with Crippen molar-refractivity contribution in [3.63, 3.8) is 0 Å². The standard InChI is InChI=1S/C36H47N3O8/c1-9-21-18-36(21,33(43)44)38-31(41)28-15-23(19-39(28)32(42)25(34(2,3)4)16-30(40)47-35(5,6)7)46-29-17-26(20-10-11-20)37-27-14-22(45-8)12-13-24(27)29/h9,12-14,17,20-21,23,25,28H,1,10-11,15-16,18-19H2,2-8H3,(H,38,41)(H,43,44)/t21-,23-,25?,28+,36-/m1/s1. The monoisotopic (exact) mass is 649 g/mol. The summed E-state index contributed by atoms with van der Waals surface area (Å²) in [7, 11) is 1.60. The van der Waals surface area contributed by atoms with Crippen molar-refractivity contribution in [3.05, 3.63) is 42.6 Å². The number of ether oxygens (including phenoxy) is 3. The first kappa shape index (κ1) is 34.2. The van der Waals surface area contributed by atoms with Gasteiger partial charge in [-0.2, -0.15) is 0 Å². The van der Waals surface area contributed by atoms with E-state index in [1.54, 1.807) is 27.9 Å². The van der Waals surface area contributed by atoms with Gasteiger partial charge in [0.25, 0.3) is 0 Å². The maximum Gasteiger partial charge on any atom is 0.330 e. The number of rotatable bonds is 11. The van der Waals surface area contributed by atoms with E-state index in [0.717, 1.165) is 29.4 Å². The van der Waals surface area contributed by atoms with Gasteiger partial charge in [-0.05, 0) is 57.6 Å². The summed E-state index contributed by atoms with van der Waals surface area (Å²) in [6.07, 6.45) is 3.19. The van der Waals surface area contributed by atoms with Gasteiger partial charge in [0, 0.05) is 41.5 Å². The third-order valence-electron chi connectivity index (χ3n) is 9.30. The summed E-state index contributed by atoms with van der Waals surface area (Å²) in [6.45, 7) is 14.7. The van der Waals surface area contributed by atoms with Gasteiger partial charge in [-0.15, -0.1) is 6.58 Å². The number of esters is 1. The number of amides is 2. The summed E-state index contributed by atoms with van der Waals surface area (Å²) in [5.41, 5.74) is -1.21. The maximum absolute atomic E-state index is 14.4. The zero-order valence-corrected chi connectivity index (χ0v) is 28.4. The quantitative estimate of drug-likeness (QED) is 0.254. The smallest absolute Gasteiger partial charge is 0.330 e. The molecule has 0 spiro atoms. The fraction of sp³-hybridized carbons (Fsp3) is 0.583. The van der Waals surface area contributed by atoms with Crippen LogP contribution in [0.1, 0.15) is 85.3 Å². The highest BCUT2D eigenvalue weighted by Crippen LogP contribution is 2.46. The van der Waals surface area contributed by atoms with E-state index in [-0.39, 0.29) is 25.8 Å². The molecular formula is C36H47N3O8. The summed E-state index contributed by atoms with van der Waals surface area (Å²) >= 11 is 0. The molecule has 254 valence electrons. The number of hydrogen-bond acceptors (Lipinski definition) is 8. The minimum Gasteiger partial charge on any atom is -0.497 e. The topological polar surface area (TPSA) is 144 Å². The molecule has 11 heteroatoms. The normalized spacial score (nSPS) is 24.7. The van der Waals surface area contributed by atoms with Gasteiger partial charge in [0.05, 0.1) is 31.5 Å². The third kappa shape index (κ3) is 7.39. The number of hydrogen-bond donors (Lipinski definition) is 2. The van der Waals surface area contributed by atoms with Gasteiger partial charge in [-0.3, -0.25) is 19.4 Å². The van der Waals surface area contributed by atoms with E-state index in [1.807, 2.05) is 45.0 Å². The second kappa shape index (κ2) is 12.5. The molecule has 11 nitrogen and oxygen atoms in total. The van der Waals surface area contributed by atoms with Crippen LogP contribution in [0.3, 0.4) is 0 Å². The number of likely N-dealkylation sites (tertiary alicyclic amines) is 1. The van der Waals surface area contributed by atoms with Crippen molar-refractivity contribution in [3.8, 4) is 11.5 Å². The molecule has 1 saturated heterocycles. The molecule has 3 aliphatic rings. The van der Waals surface area contributed by atoms with E-state index >= 15 is 0 Å². The van der Waals surface area contributed by atoms with Gasteiger partial charge in [-0.25, -0.2) is 4.79 Å². The molecule has 0 bridgehead atoms. The molecule has 2 aromatic rings. The Balaban J connectivity index is 1.47. The van der Waals surface area contributed by atoms with Crippen LogP contribution in [0.5, 0.6) is 11.5 Å². The lowest BCUT2D eigenvalue weighted by molar-refractivity contribution is -0.161. The maximum atomic E-state index is 14.4. The second-order valence-electron chi connectivity index (χ2n) is 15.2. The van der Waals surface area contributed by atoms with E-state index in [0.29, 0.717) is 17.4 Å². The van der Waals surface area contributed by atoms with Gasteiger partial charge in [0.15, 0.2) is 0 Å². The van der Waals surface area contributed by atoms with Crippen molar-refractivity contribution in [1.82, 2.24) is 15.2 Å². The predicted octanol–water partition coefficient (Wildman–Crippen LogP) is 5.01. The zero-order valence-electron chi connectivity index (χ0n) is 28.4. The number of benzene rings is 1. The molecular weight excluding hydrogens is 602 g/mol. The number of aromatic nitrogens is 1. The van der Waals surface area contributed by atoms with Crippen molar-refractivity contribution in [1.29, 1.82) is 0 Å². The van der Waals surface area contributed by atoms with Gasteiger partial charge >= 0.3 is 11.9 Å². The Hall–Kier alpha value is -4.15. The van der Waals surface area contributed by atoms with E-state index in [2.05, 4.69) is 11.9 Å². The summed E-state index contributed by atoms with van der Waals surface area (Å²) in [6, 6.07) is 6.48. The van der Waals surface area contributed by atoms with Gasteiger partial charge in [0.1, 0.15) is 34.8 Å². The number of aliphatic carboxylic acids is 1. The summed E-state index contributed by atoms with van der Waals surface area (Å²) in [5, 5.41) is 13.5. The lowest BCUT2D eigenvalue weighted by Crippen LogP contribution is -2.54. The van der Waals surface area contributed by atoms with Gasteiger partial charge < -0.3 is 29.5 Å². The van der Waals surface area contributed by atoms with E-state index in [9.17, 15) is 24.3 Å². The number of pyridine rings is 1. The Morgan fingerprint density at radius 3 is 2.40 bits per heavy atom. The molecule has 5 atom stereocenters. The Kier molecular flexibility index (Phi) is 9.07. The number of carbonyl (C=O) groups is 4. The molecule has 5 rings (SSSR count). The first-order valence-corrected chi connectivity index (χ1v) is 16.3. The predicted molar refractivity (Wildman–Crippen MR) is 175 cm³/mol. The van der Waals surface area contributed by atoms with Crippen molar-refractivity contribution >= 4 is 34.7 Å². The van der Waals surface area contributed by atoms with Crippen molar-refractivity contribution < 1.29 is 38.5 Å². The van der Waals surface area contributed by atoms with Crippen molar-refractivity contribution in [2.24, 2.45) is 17.3 Å². The summed E-state index contributed by atoms with van der Waals surface area (Å²) in [5.74, 6) is -2.25. The second-order valence-corrected chi connectivity index (χ2v) is 15.2. The Morgan fingerprint density at radius 2 is 1.85 bits per heavy atom. The molecule has 2 aliphatic carbocycles. The fourth-order valence-electron chi connectivity index (χ4n) is 6.40. The van der Waals surface area contributed by atoms with Crippen LogP contribution >= 0.6 is 0 Å². The number of carbonyl (C=O) groups excluding carboxylic acids is 3. The highest BCUT2D eigenvalue weighted by molar-refractivity contribution is 5.96. The Bertz CT molecular complexity index is 1590. The van der Waals surface area contributed by atoms with Crippen molar-refractivity contribution in [2.75, 3.05) is 13.7 Å². The van der Waals surface area contributed by atoms with Crippen LogP contribution in [0, 0.1) is 17.3 Å². The van der Waals surface area contributed by atoms with Crippen LogP contribution in [-0.2, 0) is 23.9 Å². The summed E-state index contributed by atoms with van der Waals surface area (Å²) in [4.78, 5) is 59.8. The largest absolute Gasteiger partial charge is 0.497 e. The first-order valence-electron chi connectivity index (χ1n) is 16.3. The minimum absolute atomic E-state index is 0.0709. The number of methoxy groups -OCH3 is 1. The third-order valence-corrected chi connectivity index (χ3v) is 9.30. The van der Waals surface area contributed by atoms with Crippen LogP contribution in [0.15, 0.2) is 36.9 Å². The lowest BCUT2D eigenvalue weighted by atomic mass is 9.77. The first-order chi connectivity index (χ1) is 22.0. The molecule has 3 fully saturated rings. The van der Waals surface area contributed by atoms with Gasteiger partial charge in [0.2, 0.25) is 11.8 Å². The number of fused-ring (bicyclic) bond motifs is 1. The molecule has 2 N–H and O–H groups in total. The van der Waals surface area contributed by atoms with E-state index in [1.165, 1.54) is 11.0 Å². The molecule has 1 unspecified atom stereocenters. The molecule has 1 aromatic heterocycles. The van der Waals surface area contributed by atoms with Crippen LogP contribution in [-0.4, -0.2) is 75.7 Å². The molecule has 0 radical (unpaired) electrons. The molecule has 47 heavy (non-hydrogen) atoms. The SMILES string of the molecule is C=C[C@@H]1C[C@]1(NC(=O)[C@@H]1C[C@@H](Oc2cc(C3CC3)nc3cc(OC)ccc23)CN1C(=O)C(CC(=O)OC(C)(C)C)C(C)(C)C)C(=O)O. The van der Waals surface area contributed by atoms with Crippen LogP contribution in [0.2, 0.25) is 0 Å². The molecule has 1 aliphatic heterocycles. The highest BCUT2D eigenvalue weighted by Gasteiger charge is 2.61. The number of carboxylic acid groups (broad SMARTS) is 1. The van der Waals surface area contributed by atoms with Crippen LogP contribution < -0.4 is 14.8 Å². The Morgan fingerprint density at radius 1 is 1.15 bits per heavy atom. The van der Waals surface area contributed by atoms with E-state index < -0.39 is 64.3 Å². The average molecular weight is 650 g/mol. The minimum atomic E-state index is -1.47. The van der Waals surface area contributed by atoms with Crippen molar-refractivity contribution in [2.45, 2.75) is 103 Å². The van der Waals surface area contributed by atoms with Crippen LogP contribution in [0.25, 0.3) is 10.9 Å². The lowest BCUT2D eigenvalue weighted by Gasteiger charge is -2.35. The highest BCUT2D eigenvalue weighted by atomic mass is 16.6. The van der Waals surface area contributed by atoms with Crippen LogP contribution in [0.4, 0.5) is 0 Å².